The van der Waals surface area contributed by atoms with Crippen LogP contribution in [0.5, 0.6) is 0 Å². The molecule has 1 N–H and O–H groups in total. The van der Waals surface area contributed by atoms with E-state index in [0.29, 0.717) is 12.2 Å². The van der Waals surface area contributed by atoms with Gasteiger partial charge in [0.2, 0.25) is 0 Å². The van der Waals surface area contributed by atoms with E-state index < -0.39 is 18.3 Å². The molecule has 0 amide bonds. The van der Waals surface area contributed by atoms with Crippen LogP contribution in [0.2, 0.25) is 0 Å². The van der Waals surface area contributed by atoms with Gasteiger partial charge in [0.15, 0.2) is 0 Å². The first-order valence-corrected chi connectivity index (χ1v) is 6.07. The van der Waals surface area contributed by atoms with Gasteiger partial charge in [-0.15, -0.1) is 0 Å². The third-order valence-electron chi connectivity index (χ3n) is 2.72. The lowest BCUT2D eigenvalue weighted by atomic mass is 9.96. The second kappa shape index (κ2) is 5.41. The summed E-state index contributed by atoms with van der Waals surface area (Å²) in [5.41, 5.74) is -0.379. The monoisotopic (exact) mass is 275 g/mol. The van der Waals surface area contributed by atoms with Crippen LogP contribution in [-0.4, -0.2) is 18.7 Å². The second-order valence-corrected chi connectivity index (χ2v) is 5.91. The third-order valence-corrected chi connectivity index (χ3v) is 2.72. The molecule has 0 aliphatic rings. The van der Waals surface area contributed by atoms with Crippen molar-refractivity contribution in [2.75, 3.05) is 18.5 Å². The number of anilines is 1. The maximum atomic E-state index is 12.9. The Bertz CT molecular complexity index is 435. The van der Waals surface area contributed by atoms with Crippen LogP contribution in [0.4, 0.5) is 18.9 Å². The summed E-state index contributed by atoms with van der Waals surface area (Å²) in [4.78, 5) is 1.79. The lowest BCUT2D eigenvalue weighted by Crippen LogP contribution is -2.29. The highest BCUT2D eigenvalue weighted by atomic mass is 19.4. The first kappa shape index (κ1) is 15.8. The highest BCUT2D eigenvalue weighted by Gasteiger charge is 2.33. The molecule has 0 saturated carbocycles. The highest BCUT2D eigenvalue weighted by molar-refractivity contribution is 5.51. The van der Waals surface area contributed by atoms with Gasteiger partial charge in [-0.1, -0.05) is 26.8 Å². The summed E-state index contributed by atoms with van der Waals surface area (Å²) >= 11 is 0. The summed E-state index contributed by atoms with van der Waals surface area (Å²) in [6.45, 7) is 6.10. The second-order valence-electron chi connectivity index (χ2n) is 5.91. The van der Waals surface area contributed by atoms with Crippen molar-refractivity contribution < 1.29 is 18.3 Å². The predicted molar refractivity (Wildman–Crippen MR) is 70.1 cm³/mol. The Morgan fingerprint density at radius 3 is 2.16 bits per heavy atom. The Labute approximate surface area is 111 Å². The van der Waals surface area contributed by atoms with Crippen LogP contribution in [0.25, 0.3) is 0 Å². The first-order valence-electron chi connectivity index (χ1n) is 6.07. The summed E-state index contributed by atoms with van der Waals surface area (Å²) in [5, 5.41) is 8.98. The van der Waals surface area contributed by atoms with E-state index in [1.54, 1.807) is 18.0 Å². The zero-order valence-corrected chi connectivity index (χ0v) is 11.7. The topological polar surface area (TPSA) is 23.5 Å². The van der Waals surface area contributed by atoms with Gasteiger partial charge in [-0.25, -0.2) is 0 Å². The number of benzene rings is 1. The van der Waals surface area contributed by atoms with E-state index in [0.717, 1.165) is 6.07 Å². The lowest BCUT2D eigenvalue weighted by molar-refractivity contribution is -0.138. The average Bonchev–Trinajstić information content (AvgIpc) is 2.24. The summed E-state index contributed by atoms with van der Waals surface area (Å²) < 4.78 is 38.7. The van der Waals surface area contributed by atoms with E-state index in [9.17, 15) is 13.2 Å². The van der Waals surface area contributed by atoms with Crippen molar-refractivity contribution in [1.29, 1.82) is 0 Å². The van der Waals surface area contributed by atoms with E-state index >= 15 is 0 Å². The lowest BCUT2D eigenvalue weighted by Gasteiger charge is -2.29. The molecular formula is C14H20F3NO. The summed E-state index contributed by atoms with van der Waals surface area (Å²) in [5.74, 6) is 0. The van der Waals surface area contributed by atoms with Gasteiger partial charge in [-0.2, -0.15) is 13.2 Å². The zero-order chi connectivity index (χ0) is 14.8. The van der Waals surface area contributed by atoms with Gasteiger partial charge in [-0.05, 0) is 23.1 Å². The van der Waals surface area contributed by atoms with Crippen molar-refractivity contribution in [3.8, 4) is 0 Å². The molecule has 0 atom stereocenters. The zero-order valence-electron chi connectivity index (χ0n) is 11.7. The molecule has 0 bridgehead atoms. The van der Waals surface area contributed by atoms with Gasteiger partial charge in [0, 0.05) is 19.3 Å². The van der Waals surface area contributed by atoms with Gasteiger partial charge < -0.3 is 10.0 Å². The molecule has 1 aromatic carbocycles. The van der Waals surface area contributed by atoms with Crippen molar-refractivity contribution >= 4 is 5.69 Å². The molecule has 1 aromatic rings. The molecule has 0 aliphatic carbocycles. The number of nitrogens with zero attached hydrogens (tertiary/aromatic N) is 1. The highest BCUT2D eigenvalue weighted by Crippen LogP contribution is 2.35. The van der Waals surface area contributed by atoms with Crippen LogP contribution < -0.4 is 4.90 Å². The van der Waals surface area contributed by atoms with Crippen molar-refractivity contribution in [2.45, 2.75) is 33.6 Å². The maximum Gasteiger partial charge on any atom is 0.416 e. The van der Waals surface area contributed by atoms with Crippen molar-refractivity contribution in [3.05, 3.63) is 29.3 Å². The van der Waals surface area contributed by atoms with Crippen LogP contribution >= 0.6 is 0 Å². The van der Waals surface area contributed by atoms with Crippen molar-refractivity contribution in [2.24, 2.45) is 5.41 Å². The molecule has 108 valence electrons. The van der Waals surface area contributed by atoms with Crippen LogP contribution in [0.3, 0.4) is 0 Å². The molecule has 0 unspecified atom stereocenters. The van der Waals surface area contributed by atoms with Crippen LogP contribution in [0.15, 0.2) is 18.2 Å². The third kappa shape index (κ3) is 4.42. The minimum absolute atomic E-state index is 0.0111. The molecule has 0 radical (unpaired) electrons. The summed E-state index contributed by atoms with van der Waals surface area (Å²) in [7, 11) is 1.76. The number of alkyl halides is 3. The number of aliphatic hydroxyl groups excluding tert-OH is 1. The Balaban J connectivity index is 3.12. The fraction of sp³-hybridized carbons (Fsp3) is 0.571. The normalized spacial score (nSPS) is 12.6. The van der Waals surface area contributed by atoms with E-state index in [2.05, 4.69) is 0 Å². The molecule has 0 fully saturated rings. The van der Waals surface area contributed by atoms with Crippen LogP contribution in [0, 0.1) is 5.41 Å². The van der Waals surface area contributed by atoms with E-state index in [1.165, 1.54) is 6.07 Å². The van der Waals surface area contributed by atoms with Crippen LogP contribution in [-0.2, 0) is 12.8 Å². The minimum atomic E-state index is -4.45. The Kier molecular flexibility index (Phi) is 4.50. The molecule has 2 nitrogen and oxygen atoms in total. The Hall–Kier alpha value is -1.23. The van der Waals surface area contributed by atoms with E-state index in [1.807, 2.05) is 20.8 Å². The van der Waals surface area contributed by atoms with Gasteiger partial charge >= 0.3 is 6.18 Å². The smallest absolute Gasteiger partial charge is 0.392 e. The molecule has 19 heavy (non-hydrogen) atoms. The molecule has 5 heteroatoms. The van der Waals surface area contributed by atoms with E-state index in [4.69, 9.17) is 5.11 Å². The number of rotatable bonds is 3. The predicted octanol–water partition coefficient (Wildman–Crippen LogP) is 3.68. The average molecular weight is 275 g/mol. The molecule has 0 aromatic heterocycles. The minimum Gasteiger partial charge on any atom is -0.392 e. The fourth-order valence-corrected chi connectivity index (χ4v) is 2.01. The van der Waals surface area contributed by atoms with Gasteiger partial charge in [0.25, 0.3) is 0 Å². The largest absolute Gasteiger partial charge is 0.416 e. The molecule has 0 spiro atoms. The molecule has 0 saturated heterocycles. The number of aliphatic hydroxyl groups is 1. The van der Waals surface area contributed by atoms with E-state index in [-0.39, 0.29) is 11.0 Å². The molecular weight excluding hydrogens is 255 g/mol. The summed E-state index contributed by atoms with van der Waals surface area (Å²) in [6.07, 6.45) is -4.45. The Morgan fingerprint density at radius 1 is 1.16 bits per heavy atom. The fourth-order valence-electron chi connectivity index (χ4n) is 2.01. The number of hydrogen-bond acceptors (Lipinski definition) is 2. The molecule has 0 heterocycles. The number of halogens is 3. The van der Waals surface area contributed by atoms with Crippen LogP contribution in [0.1, 0.15) is 31.9 Å². The first-order chi connectivity index (χ1) is 8.54. The van der Waals surface area contributed by atoms with Crippen molar-refractivity contribution in [3.63, 3.8) is 0 Å². The quantitative estimate of drug-likeness (QED) is 0.909. The Morgan fingerprint density at radius 2 is 1.74 bits per heavy atom. The maximum absolute atomic E-state index is 12.9. The van der Waals surface area contributed by atoms with Gasteiger partial charge in [0.1, 0.15) is 0 Å². The standard InChI is InChI=1S/C14H20F3NO/c1-13(2,3)9-18(4)11-6-5-10(8-19)12(7-11)14(15,16)17/h5-7,19H,8-9H2,1-4H3. The van der Waals surface area contributed by atoms with Crippen molar-refractivity contribution in [1.82, 2.24) is 0 Å². The van der Waals surface area contributed by atoms with Gasteiger partial charge in [-0.3, -0.25) is 0 Å². The van der Waals surface area contributed by atoms with Gasteiger partial charge in [0.05, 0.1) is 12.2 Å². The number of hydrogen-bond donors (Lipinski definition) is 1. The SMILES string of the molecule is CN(CC(C)(C)C)c1ccc(CO)c(C(F)(F)F)c1. The molecule has 1 rings (SSSR count). The summed E-state index contributed by atoms with van der Waals surface area (Å²) in [6, 6.07) is 4.03. The molecule has 0 aliphatic heterocycles.